The lowest BCUT2D eigenvalue weighted by Gasteiger charge is -2.56. The molecule has 2 saturated carbocycles. The molecule has 2 amide bonds. The number of benzene rings is 1. The van der Waals surface area contributed by atoms with E-state index in [2.05, 4.69) is 39.9 Å². The SMILES string of the molecule is C[C@H]1[C@@H]2[C@@H](O)[C@H]([C@H](C)C(=O)N(C)Cc3ccccc3)CC[C@@]2(C)CC[C@@H]1NC(=O)CC(C)(C)C. The van der Waals surface area contributed by atoms with Crippen molar-refractivity contribution in [1.82, 2.24) is 10.2 Å². The largest absolute Gasteiger partial charge is 0.392 e. The average Bonchev–Trinajstić information content (AvgIpc) is 2.74. The molecule has 0 aliphatic heterocycles. The van der Waals surface area contributed by atoms with Crippen molar-refractivity contribution in [2.45, 2.75) is 92.3 Å². The molecule has 0 unspecified atom stereocenters. The van der Waals surface area contributed by atoms with Crippen LogP contribution in [-0.2, 0) is 16.1 Å². The maximum absolute atomic E-state index is 13.3. The van der Waals surface area contributed by atoms with Crippen molar-refractivity contribution in [3.63, 3.8) is 0 Å². The Morgan fingerprint density at radius 2 is 1.79 bits per heavy atom. The molecule has 0 saturated heterocycles. The zero-order valence-corrected chi connectivity index (χ0v) is 22.3. The van der Waals surface area contributed by atoms with Crippen LogP contribution in [0.15, 0.2) is 30.3 Å². The third-order valence-electron chi connectivity index (χ3n) is 8.60. The molecule has 0 aromatic heterocycles. The molecule has 7 atom stereocenters. The molecule has 1 aromatic rings. The second kappa shape index (κ2) is 10.4. The van der Waals surface area contributed by atoms with Crippen molar-refractivity contribution in [2.75, 3.05) is 7.05 Å². The summed E-state index contributed by atoms with van der Waals surface area (Å²) in [7, 11) is 1.86. The van der Waals surface area contributed by atoms with Gasteiger partial charge in [-0.25, -0.2) is 0 Å². The number of fused-ring (bicyclic) bond motifs is 1. The number of carbonyl (C=O) groups is 2. The molecule has 0 spiro atoms. The maximum atomic E-state index is 13.3. The first-order valence-corrected chi connectivity index (χ1v) is 13.1. The number of hydrogen-bond acceptors (Lipinski definition) is 3. The summed E-state index contributed by atoms with van der Waals surface area (Å²) in [5.74, 6) is 0.141. The van der Waals surface area contributed by atoms with Gasteiger partial charge in [0.1, 0.15) is 0 Å². The van der Waals surface area contributed by atoms with Crippen LogP contribution in [0.5, 0.6) is 0 Å². The number of amides is 2. The second-order valence-corrected chi connectivity index (χ2v) is 12.7. The van der Waals surface area contributed by atoms with Gasteiger partial charge in [0.15, 0.2) is 0 Å². The molecule has 0 radical (unpaired) electrons. The summed E-state index contributed by atoms with van der Waals surface area (Å²) in [6, 6.07) is 10.1. The van der Waals surface area contributed by atoms with E-state index in [4.69, 9.17) is 0 Å². The van der Waals surface area contributed by atoms with E-state index >= 15 is 0 Å². The van der Waals surface area contributed by atoms with Gasteiger partial charge in [-0.05, 0) is 59.8 Å². The topological polar surface area (TPSA) is 69.6 Å². The maximum Gasteiger partial charge on any atom is 0.225 e. The zero-order valence-electron chi connectivity index (χ0n) is 22.3. The molecule has 1 aromatic carbocycles. The van der Waals surface area contributed by atoms with Crippen molar-refractivity contribution >= 4 is 11.8 Å². The fourth-order valence-electron chi connectivity index (χ4n) is 6.70. The van der Waals surface area contributed by atoms with Gasteiger partial charge in [0.25, 0.3) is 0 Å². The molecule has 2 N–H and O–H groups in total. The highest BCUT2D eigenvalue weighted by Gasteiger charge is 2.54. The lowest BCUT2D eigenvalue weighted by molar-refractivity contribution is -0.150. The van der Waals surface area contributed by atoms with Gasteiger partial charge in [0.05, 0.1) is 6.10 Å². The molecule has 3 rings (SSSR count). The number of nitrogens with zero attached hydrogens (tertiary/aromatic N) is 1. The molecular weight excluding hydrogens is 424 g/mol. The Bertz CT molecular complexity index is 849. The minimum atomic E-state index is -0.542. The molecule has 0 bridgehead atoms. The number of aliphatic hydroxyl groups is 1. The van der Waals surface area contributed by atoms with E-state index in [0.717, 1.165) is 31.2 Å². The summed E-state index contributed by atoms with van der Waals surface area (Å²) in [4.78, 5) is 27.8. The van der Waals surface area contributed by atoms with Gasteiger partial charge < -0.3 is 15.3 Å². The Morgan fingerprint density at radius 3 is 2.41 bits per heavy atom. The average molecular weight is 471 g/mol. The highest BCUT2D eigenvalue weighted by atomic mass is 16.3. The van der Waals surface area contributed by atoms with Crippen molar-refractivity contribution in [3.8, 4) is 0 Å². The zero-order chi connectivity index (χ0) is 25.3. The summed E-state index contributed by atoms with van der Waals surface area (Å²) < 4.78 is 0. The molecule has 5 heteroatoms. The predicted molar refractivity (Wildman–Crippen MR) is 137 cm³/mol. The summed E-state index contributed by atoms with van der Waals surface area (Å²) in [5.41, 5.74) is 1.12. The summed E-state index contributed by atoms with van der Waals surface area (Å²) in [6.45, 7) is 13.3. The van der Waals surface area contributed by atoms with Gasteiger partial charge in [-0.2, -0.15) is 0 Å². The fourth-order valence-corrected chi connectivity index (χ4v) is 6.70. The van der Waals surface area contributed by atoms with Crippen molar-refractivity contribution in [2.24, 2.45) is 34.5 Å². The minimum Gasteiger partial charge on any atom is -0.392 e. The van der Waals surface area contributed by atoms with Crippen LogP contribution < -0.4 is 5.32 Å². The Hall–Kier alpha value is -1.88. The monoisotopic (exact) mass is 470 g/mol. The van der Waals surface area contributed by atoms with Crippen molar-refractivity contribution in [1.29, 1.82) is 0 Å². The third-order valence-corrected chi connectivity index (χ3v) is 8.60. The molecule has 2 fully saturated rings. The molecule has 0 heterocycles. The fraction of sp³-hybridized carbons (Fsp3) is 0.724. The first-order chi connectivity index (χ1) is 15.8. The Kier molecular flexibility index (Phi) is 8.17. The highest BCUT2D eigenvalue weighted by molar-refractivity contribution is 5.78. The number of carbonyl (C=O) groups excluding carboxylic acids is 2. The predicted octanol–water partition coefficient (Wildman–Crippen LogP) is 5.03. The van der Waals surface area contributed by atoms with Crippen molar-refractivity contribution in [3.05, 3.63) is 35.9 Å². The summed E-state index contributed by atoms with van der Waals surface area (Å²) >= 11 is 0. The van der Waals surface area contributed by atoms with Crippen LogP contribution in [0.2, 0.25) is 0 Å². The van der Waals surface area contributed by atoms with Crippen LogP contribution in [0.1, 0.15) is 79.2 Å². The molecule has 34 heavy (non-hydrogen) atoms. The highest BCUT2D eigenvalue weighted by Crippen LogP contribution is 2.55. The Labute approximate surface area is 206 Å². The quantitative estimate of drug-likeness (QED) is 0.613. The van der Waals surface area contributed by atoms with E-state index in [1.54, 1.807) is 4.90 Å². The van der Waals surface area contributed by atoms with Gasteiger partial charge in [-0.15, -0.1) is 0 Å². The van der Waals surface area contributed by atoms with Crippen LogP contribution in [-0.4, -0.2) is 41.0 Å². The lowest BCUT2D eigenvalue weighted by atomic mass is 9.51. The van der Waals surface area contributed by atoms with E-state index in [9.17, 15) is 14.7 Å². The van der Waals surface area contributed by atoms with E-state index in [0.29, 0.717) is 13.0 Å². The number of rotatable bonds is 6. The van der Waals surface area contributed by atoms with Gasteiger partial charge in [0, 0.05) is 32.0 Å². The first-order valence-electron chi connectivity index (χ1n) is 13.1. The minimum absolute atomic E-state index is 0.0481. The van der Waals surface area contributed by atoms with E-state index in [-0.39, 0.29) is 52.4 Å². The van der Waals surface area contributed by atoms with E-state index < -0.39 is 6.10 Å². The first kappa shape index (κ1) is 26.7. The molecule has 2 aliphatic carbocycles. The Balaban J connectivity index is 1.69. The molecular formula is C29H46N2O3. The van der Waals surface area contributed by atoms with Crippen LogP contribution in [0.3, 0.4) is 0 Å². The number of aliphatic hydroxyl groups excluding tert-OH is 1. The molecule has 5 nitrogen and oxygen atoms in total. The van der Waals surface area contributed by atoms with Crippen molar-refractivity contribution < 1.29 is 14.7 Å². The van der Waals surface area contributed by atoms with Crippen LogP contribution >= 0.6 is 0 Å². The normalized spacial score (nSPS) is 32.4. The van der Waals surface area contributed by atoms with Gasteiger partial charge >= 0.3 is 0 Å². The van der Waals surface area contributed by atoms with E-state index in [1.807, 2.05) is 44.3 Å². The van der Waals surface area contributed by atoms with Crippen LogP contribution in [0, 0.1) is 34.5 Å². The second-order valence-electron chi connectivity index (χ2n) is 12.7. The smallest absolute Gasteiger partial charge is 0.225 e. The number of hydrogen-bond donors (Lipinski definition) is 2. The van der Waals surface area contributed by atoms with Gasteiger partial charge in [-0.1, -0.05) is 71.9 Å². The third kappa shape index (κ3) is 6.02. The van der Waals surface area contributed by atoms with E-state index in [1.165, 1.54) is 0 Å². The summed E-state index contributed by atoms with van der Waals surface area (Å²) in [6.07, 6.45) is 3.81. The van der Waals surface area contributed by atoms with Crippen LogP contribution in [0.25, 0.3) is 0 Å². The van der Waals surface area contributed by atoms with Gasteiger partial charge in [-0.3, -0.25) is 9.59 Å². The van der Waals surface area contributed by atoms with Gasteiger partial charge in [0.2, 0.25) is 11.8 Å². The van der Waals surface area contributed by atoms with Crippen LogP contribution in [0.4, 0.5) is 0 Å². The Morgan fingerprint density at radius 1 is 1.18 bits per heavy atom. The standard InChI is InChI=1S/C29H46N2O3/c1-19(27(34)31(7)18-21-11-9-8-10-12-21)22-13-15-29(6)16-14-23(20(2)25(29)26(22)33)30-24(32)17-28(3,4)5/h8-12,19-20,22-23,25-26,33H,13-18H2,1-7H3,(H,30,32)/t19-,20+,22-,23-,25+,26-,29-/m0/s1. The summed E-state index contributed by atoms with van der Waals surface area (Å²) in [5, 5.41) is 14.9. The molecule has 2 aliphatic rings. The number of nitrogens with one attached hydrogen (secondary N) is 1. The molecule has 190 valence electrons. The lowest BCUT2D eigenvalue weighted by Crippen LogP contribution is -2.58.